The molecule has 0 spiro atoms. The molecule has 0 bridgehead atoms. The second-order valence-electron chi connectivity index (χ2n) is 8.06. The SMILES string of the molecule is [N-]=[N+]=NCCOCCOCCOCC(N)(COCCOCCOCCN=[N+]=[N-])COCCOCCOCCN=[N+]=[N-]. The van der Waals surface area contributed by atoms with E-state index >= 15 is 0 Å². The number of ether oxygens (including phenoxy) is 9. The van der Waals surface area contributed by atoms with Gasteiger partial charge in [-0.3, -0.25) is 0 Å². The average molecular weight is 593 g/mol. The lowest BCUT2D eigenvalue weighted by Crippen LogP contribution is -2.53. The molecule has 0 unspecified atom stereocenters. The van der Waals surface area contributed by atoms with Crippen molar-refractivity contribution >= 4 is 0 Å². The van der Waals surface area contributed by atoms with Gasteiger partial charge in [-0.2, -0.15) is 0 Å². The predicted molar refractivity (Wildman–Crippen MR) is 146 cm³/mol. The quantitative estimate of drug-likeness (QED) is 0.0499. The van der Waals surface area contributed by atoms with E-state index in [2.05, 4.69) is 30.1 Å². The number of nitrogens with zero attached hydrogens (tertiary/aromatic N) is 9. The maximum Gasteiger partial charge on any atom is 0.0865 e. The number of rotatable bonds is 33. The molecule has 0 aromatic carbocycles. The van der Waals surface area contributed by atoms with E-state index in [0.29, 0.717) is 99.1 Å². The maximum absolute atomic E-state index is 8.20. The molecule has 236 valence electrons. The van der Waals surface area contributed by atoms with Gasteiger partial charge in [-0.25, -0.2) is 0 Å². The van der Waals surface area contributed by atoms with Gasteiger partial charge < -0.3 is 48.4 Å². The summed E-state index contributed by atoms with van der Waals surface area (Å²) in [5.41, 5.74) is 30.2. The van der Waals surface area contributed by atoms with Gasteiger partial charge in [0.1, 0.15) is 0 Å². The third-order valence-electron chi connectivity index (χ3n) is 4.60. The van der Waals surface area contributed by atoms with Crippen LogP contribution in [0.4, 0.5) is 0 Å². The molecule has 0 aliphatic carbocycles. The van der Waals surface area contributed by atoms with E-state index in [1.807, 2.05) is 0 Å². The van der Waals surface area contributed by atoms with E-state index < -0.39 is 5.54 Å². The number of nitrogens with two attached hydrogens (primary N) is 1. The lowest BCUT2D eigenvalue weighted by Gasteiger charge is -2.29. The first kappa shape index (κ1) is 38.5. The Morgan fingerprint density at radius 3 is 0.854 bits per heavy atom. The molecule has 0 saturated heterocycles. The first-order valence-corrected chi connectivity index (χ1v) is 13.2. The smallest absolute Gasteiger partial charge is 0.0865 e. The molecule has 0 amide bonds. The van der Waals surface area contributed by atoms with Gasteiger partial charge in [0.05, 0.1) is 124 Å². The lowest BCUT2D eigenvalue weighted by molar-refractivity contribution is -0.0548. The molecule has 0 rings (SSSR count). The van der Waals surface area contributed by atoms with Gasteiger partial charge in [-0.05, 0) is 16.6 Å². The summed E-state index contributed by atoms with van der Waals surface area (Å²) in [6.45, 7) is 6.76. The maximum atomic E-state index is 8.20. The molecule has 0 aliphatic heterocycles. The third-order valence-corrected chi connectivity index (χ3v) is 4.60. The molecule has 0 radical (unpaired) electrons. The van der Waals surface area contributed by atoms with Crippen LogP contribution in [0.25, 0.3) is 31.3 Å². The van der Waals surface area contributed by atoms with E-state index in [0.717, 1.165) is 0 Å². The zero-order chi connectivity index (χ0) is 30.0. The van der Waals surface area contributed by atoms with Crippen LogP contribution in [0.2, 0.25) is 0 Å². The summed E-state index contributed by atoms with van der Waals surface area (Å²) in [6, 6.07) is 0. The van der Waals surface area contributed by atoms with E-state index in [-0.39, 0.29) is 39.5 Å². The zero-order valence-corrected chi connectivity index (χ0v) is 23.6. The van der Waals surface area contributed by atoms with Crippen LogP contribution >= 0.6 is 0 Å². The third kappa shape index (κ3) is 30.3. The zero-order valence-electron chi connectivity index (χ0n) is 23.6. The van der Waals surface area contributed by atoms with Crippen molar-refractivity contribution in [2.24, 2.45) is 21.1 Å². The number of azide groups is 3. The van der Waals surface area contributed by atoms with E-state index in [4.69, 9.17) is 65.0 Å². The van der Waals surface area contributed by atoms with Crippen LogP contribution in [0, 0.1) is 0 Å². The van der Waals surface area contributed by atoms with Crippen molar-refractivity contribution in [1.82, 2.24) is 0 Å². The molecule has 41 heavy (non-hydrogen) atoms. The van der Waals surface area contributed by atoms with Crippen molar-refractivity contribution in [2.75, 3.05) is 139 Å². The first-order chi connectivity index (χ1) is 20.2. The number of hydrogen-bond donors (Lipinski definition) is 1. The Labute approximate surface area is 239 Å². The Hall–Kier alpha value is -2.47. The summed E-state index contributed by atoms with van der Waals surface area (Å²) in [7, 11) is 0. The Morgan fingerprint density at radius 2 is 0.610 bits per heavy atom. The second kappa shape index (κ2) is 32.0. The Balaban J connectivity index is 4.12. The van der Waals surface area contributed by atoms with E-state index in [1.165, 1.54) is 0 Å². The summed E-state index contributed by atoms with van der Waals surface area (Å²) in [6.07, 6.45) is 0. The molecular formula is C22H44N10O9. The molecule has 0 saturated carbocycles. The van der Waals surface area contributed by atoms with Gasteiger partial charge in [-0.15, -0.1) is 0 Å². The minimum absolute atomic E-state index is 0.179. The highest BCUT2D eigenvalue weighted by Crippen LogP contribution is 2.05. The predicted octanol–water partition coefficient (Wildman–Crippen LogP) is 1.76. The van der Waals surface area contributed by atoms with Crippen molar-refractivity contribution in [1.29, 1.82) is 0 Å². The topological polar surface area (TPSA) is 255 Å². The molecule has 0 heterocycles. The standard InChI is InChI=1S/C22H44N10O9/c23-22(19-39-16-13-36-10-7-33-4-1-27-30-24,20-40-17-14-37-11-8-34-5-2-28-31-25)21-41-18-15-38-12-9-35-6-3-29-32-26/h1-21,23H2. The van der Waals surface area contributed by atoms with Crippen LogP contribution in [0.3, 0.4) is 0 Å². The minimum atomic E-state index is -0.904. The molecule has 19 nitrogen and oxygen atoms in total. The summed E-state index contributed by atoms with van der Waals surface area (Å²) in [5.74, 6) is 0. The molecule has 2 N–H and O–H groups in total. The highest BCUT2D eigenvalue weighted by molar-refractivity contribution is 4.84. The number of hydrogen-bond acceptors (Lipinski definition) is 13. The van der Waals surface area contributed by atoms with Crippen LogP contribution in [0.15, 0.2) is 15.3 Å². The van der Waals surface area contributed by atoms with Crippen LogP contribution < -0.4 is 5.73 Å². The van der Waals surface area contributed by atoms with Gasteiger partial charge in [0.2, 0.25) is 0 Å². The molecule has 0 aliphatic rings. The van der Waals surface area contributed by atoms with Crippen molar-refractivity contribution in [3.05, 3.63) is 31.3 Å². The van der Waals surface area contributed by atoms with Gasteiger partial charge in [0.25, 0.3) is 0 Å². The highest BCUT2D eigenvalue weighted by Gasteiger charge is 2.26. The average Bonchev–Trinajstić information content (AvgIpc) is 2.97. The normalized spacial score (nSPS) is 12.2. The van der Waals surface area contributed by atoms with Gasteiger partial charge in [0.15, 0.2) is 0 Å². The van der Waals surface area contributed by atoms with Gasteiger partial charge >= 0.3 is 0 Å². The fraction of sp³-hybridized carbons (Fsp3) is 1.00. The largest absolute Gasteiger partial charge is 0.379 e. The Bertz CT molecular complexity index is 644. The minimum Gasteiger partial charge on any atom is -0.379 e. The van der Waals surface area contributed by atoms with Crippen molar-refractivity contribution in [3.8, 4) is 0 Å². The molecule has 0 aromatic rings. The van der Waals surface area contributed by atoms with E-state index in [9.17, 15) is 0 Å². The molecule has 0 fully saturated rings. The molecule has 19 heteroatoms. The van der Waals surface area contributed by atoms with Gasteiger partial charge in [0, 0.05) is 34.4 Å². The summed E-state index contributed by atoms with van der Waals surface area (Å²) in [5, 5.41) is 10.1. The van der Waals surface area contributed by atoms with Crippen molar-refractivity contribution in [2.45, 2.75) is 5.54 Å². The van der Waals surface area contributed by atoms with Crippen LogP contribution in [-0.4, -0.2) is 144 Å². The summed E-state index contributed by atoms with van der Waals surface area (Å²) in [4.78, 5) is 7.94. The lowest BCUT2D eigenvalue weighted by atomic mass is 10.1. The Kier molecular flexibility index (Phi) is 30.1. The fourth-order valence-corrected chi connectivity index (χ4v) is 2.72. The molecular weight excluding hydrogens is 548 g/mol. The fourth-order valence-electron chi connectivity index (χ4n) is 2.72. The first-order valence-electron chi connectivity index (χ1n) is 13.2. The molecule has 0 atom stereocenters. The Morgan fingerprint density at radius 1 is 0.390 bits per heavy atom. The van der Waals surface area contributed by atoms with Crippen LogP contribution in [-0.2, 0) is 42.6 Å². The highest BCUT2D eigenvalue weighted by atomic mass is 16.6. The van der Waals surface area contributed by atoms with E-state index in [1.54, 1.807) is 0 Å². The van der Waals surface area contributed by atoms with Gasteiger partial charge in [-0.1, -0.05) is 15.3 Å². The molecule has 0 aromatic heterocycles. The van der Waals surface area contributed by atoms with Crippen LogP contribution in [0.1, 0.15) is 0 Å². The van der Waals surface area contributed by atoms with Crippen LogP contribution in [0.5, 0.6) is 0 Å². The van der Waals surface area contributed by atoms with Crippen molar-refractivity contribution in [3.63, 3.8) is 0 Å². The summed E-state index contributed by atoms with van der Waals surface area (Å²) < 4.78 is 49.2. The van der Waals surface area contributed by atoms with Crippen molar-refractivity contribution < 1.29 is 42.6 Å². The second-order valence-corrected chi connectivity index (χ2v) is 8.06. The summed E-state index contributed by atoms with van der Waals surface area (Å²) >= 11 is 0. The monoisotopic (exact) mass is 592 g/mol.